The Balaban J connectivity index is 0.000000183. The molecular weight excluding hydrogens is 861 g/mol. The van der Waals surface area contributed by atoms with E-state index in [4.69, 9.17) is 0 Å². The van der Waals surface area contributed by atoms with Crippen molar-refractivity contribution in [2.75, 3.05) is 13.2 Å². The molecule has 10 aliphatic rings. The van der Waals surface area contributed by atoms with Gasteiger partial charge in [0.2, 0.25) is 0 Å². The normalized spacial score (nSPS) is 53.5. The highest BCUT2D eigenvalue weighted by molar-refractivity contribution is 5.76. The zero-order valence-corrected chi connectivity index (χ0v) is 44.8. The fourth-order valence-corrected chi connectivity index (χ4v) is 23.3. The second-order valence-electron chi connectivity index (χ2n) is 29.4. The van der Waals surface area contributed by atoms with Crippen LogP contribution in [-0.4, -0.2) is 68.0 Å². The van der Waals surface area contributed by atoms with Crippen LogP contribution in [0.5, 0.6) is 0 Å². The first-order valence-corrected chi connectivity index (χ1v) is 28.3. The summed E-state index contributed by atoms with van der Waals surface area (Å²) in [6.07, 6.45) is 19.9. The topological polar surface area (TPSA) is 156 Å². The van der Waals surface area contributed by atoms with Gasteiger partial charge in [0.25, 0.3) is 0 Å². The largest absolute Gasteiger partial charge is 0.481 e. The first-order chi connectivity index (χ1) is 31.6. The number of aliphatic hydroxyl groups excluding tert-OH is 4. The average Bonchev–Trinajstić information content (AvgIpc) is 3.88. The molecule has 0 amide bonds. The molecule has 13 unspecified atom stereocenters. The van der Waals surface area contributed by atoms with Gasteiger partial charge in [0.1, 0.15) is 0 Å². The van der Waals surface area contributed by atoms with Crippen molar-refractivity contribution in [2.45, 2.75) is 224 Å². The minimum atomic E-state index is -0.645. The van der Waals surface area contributed by atoms with Crippen LogP contribution >= 0.6 is 0 Å². The SMILES string of the molecule is C.C=C(CO)[C@@H]1CCC2(C(=O)O)CC[C@]3(C)C(CCC4[C@@]5(C)CCC(O)C(C)(C)C5CC[C@]43C)C12.CC(CO)[C@@H]1CCC2(C(=O)O)CC[C@]3(C)C(CCC4[C@@]5(C)CCC(O)C(C)(C)C5CC[C@]43C)C12. The van der Waals surface area contributed by atoms with Crippen molar-refractivity contribution in [3.05, 3.63) is 12.2 Å². The van der Waals surface area contributed by atoms with E-state index in [1.807, 2.05) is 0 Å². The zero-order valence-electron chi connectivity index (χ0n) is 44.8. The van der Waals surface area contributed by atoms with Gasteiger partial charge < -0.3 is 30.6 Å². The number of hydrogen-bond donors (Lipinski definition) is 6. The van der Waals surface area contributed by atoms with E-state index in [-0.39, 0.29) is 99.8 Å². The number of fused-ring (bicyclic) bond motifs is 14. The third-order valence-electron chi connectivity index (χ3n) is 27.5. The molecule has 10 fully saturated rings. The second-order valence-corrected chi connectivity index (χ2v) is 29.4. The molecule has 0 heterocycles. The van der Waals surface area contributed by atoms with Crippen LogP contribution < -0.4 is 0 Å². The van der Waals surface area contributed by atoms with Crippen LogP contribution in [0.1, 0.15) is 212 Å². The minimum absolute atomic E-state index is 0. The van der Waals surface area contributed by atoms with Crippen molar-refractivity contribution >= 4 is 11.9 Å². The van der Waals surface area contributed by atoms with Gasteiger partial charge in [-0.1, -0.05) is 90.2 Å². The Morgan fingerprint density at radius 3 is 1.35 bits per heavy atom. The molecule has 0 radical (unpaired) electrons. The molecule has 8 heteroatoms. The molecule has 10 aliphatic carbocycles. The molecule has 6 N–H and O–H groups in total. The lowest BCUT2D eigenvalue weighted by molar-refractivity contribution is -0.249. The molecule has 0 saturated heterocycles. The average molecular weight is 963 g/mol. The fourth-order valence-electron chi connectivity index (χ4n) is 23.3. The summed E-state index contributed by atoms with van der Waals surface area (Å²) in [4.78, 5) is 25.6. The number of aliphatic hydroxyl groups is 4. The van der Waals surface area contributed by atoms with Crippen LogP contribution in [0, 0.1) is 119 Å². The molecule has 0 aromatic heterocycles. The summed E-state index contributed by atoms with van der Waals surface area (Å²) < 4.78 is 0. The Bertz CT molecular complexity index is 1990. The van der Waals surface area contributed by atoms with Crippen LogP contribution in [0.25, 0.3) is 0 Å². The van der Waals surface area contributed by atoms with Crippen molar-refractivity contribution < 1.29 is 40.2 Å². The Labute approximate surface area is 419 Å². The molecule has 0 bridgehead atoms. The zero-order chi connectivity index (χ0) is 49.8. The molecule has 394 valence electrons. The number of hydrogen-bond acceptors (Lipinski definition) is 6. The monoisotopic (exact) mass is 963 g/mol. The van der Waals surface area contributed by atoms with Crippen LogP contribution in [-0.2, 0) is 9.59 Å². The highest BCUT2D eigenvalue weighted by atomic mass is 16.4. The van der Waals surface area contributed by atoms with E-state index in [1.54, 1.807) is 0 Å². The van der Waals surface area contributed by atoms with Crippen molar-refractivity contribution in [3.8, 4) is 0 Å². The van der Waals surface area contributed by atoms with Gasteiger partial charge in [-0.25, -0.2) is 0 Å². The first-order valence-electron chi connectivity index (χ1n) is 28.3. The lowest BCUT2D eigenvalue weighted by Gasteiger charge is -2.72. The number of carboxylic acid groups (broad SMARTS) is 2. The van der Waals surface area contributed by atoms with Gasteiger partial charge in [0.05, 0.1) is 29.6 Å². The van der Waals surface area contributed by atoms with E-state index in [1.165, 1.54) is 32.1 Å². The lowest BCUT2D eigenvalue weighted by Crippen LogP contribution is -2.67. The van der Waals surface area contributed by atoms with Crippen molar-refractivity contribution in [3.63, 3.8) is 0 Å². The molecular formula is C61H102O8. The van der Waals surface area contributed by atoms with Crippen molar-refractivity contribution in [2.24, 2.45) is 119 Å². The summed E-state index contributed by atoms with van der Waals surface area (Å²) in [5, 5.41) is 62.9. The molecule has 10 saturated carbocycles. The quantitative estimate of drug-likeness (QED) is 0.144. The molecule has 10 rings (SSSR count). The maximum atomic E-state index is 12.8. The van der Waals surface area contributed by atoms with E-state index < -0.39 is 22.8 Å². The summed E-state index contributed by atoms with van der Waals surface area (Å²) in [6, 6.07) is 0. The Hall–Kier alpha value is -1.48. The maximum Gasteiger partial charge on any atom is 0.309 e. The van der Waals surface area contributed by atoms with E-state index in [0.717, 1.165) is 102 Å². The van der Waals surface area contributed by atoms with E-state index in [9.17, 15) is 40.2 Å². The number of carboxylic acids is 2. The Morgan fingerprint density at radius 2 is 0.928 bits per heavy atom. The van der Waals surface area contributed by atoms with Crippen LogP contribution in [0.2, 0.25) is 0 Å². The van der Waals surface area contributed by atoms with Gasteiger partial charge in [-0.15, -0.1) is 0 Å². The van der Waals surface area contributed by atoms with E-state index in [2.05, 4.69) is 82.7 Å². The Kier molecular flexibility index (Phi) is 13.5. The number of carbonyl (C=O) groups is 2. The first kappa shape index (κ1) is 53.8. The van der Waals surface area contributed by atoms with Crippen molar-refractivity contribution in [1.82, 2.24) is 0 Å². The standard InChI is InChI=1S/C30H50O4.C30H48O4.CH4/c2*1-18(17-31)19-9-14-30(25(33)34)16-15-28(5)20(24(19)30)7-8-22-27(4)12-11-23(32)26(2,3)21(27)10-13-29(22,28)6;/h18-24,31-32H,7-17H2,1-6H3,(H,33,34);19-24,31-32H,1,7-17H2,2-6H3,(H,33,34);1H4/t18?,19-,20?,21?,22?,23?,24?,27-,28+,29+,30?;19-,20?,21?,22?,23?,24?,27-,28+,29+,30?;/m00./s1. The second kappa shape index (κ2) is 17.3. The third-order valence-corrected chi connectivity index (χ3v) is 27.5. The third kappa shape index (κ3) is 6.89. The smallest absolute Gasteiger partial charge is 0.309 e. The molecule has 0 aromatic rings. The molecule has 0 spiro atoms. The minimum Gasteiger partial charge on any atom is -0.481 e. The summed E-state index contributed by atoms with van der Waals surface area (Å²) in [5.74, 6) is 2.88. The summed E-state index contributed by atoms with van der Waals surface area (Å²) in [5.41, 5.74) is 0.649. The van der Waals surface area contributed by atoms with Gasteiger partial charge in [-0.05, 0) is 242 Å². The van der Waals surface area contributed by atoms with Gasteiger partial charge in [0.15, 0.2) is 0 Å². The van der Waals surface area contributed by atoms with Crippen LogP contribution in [0.15, 0.2) is 12.2 Å². The summed E-state index contributed by atoms with van der Waals surface area (Å²) in [6.45, 7) is 31.0. The van der Waals surface area contributed by atoms with E-state index >= 15 is 0 Å². The van der Waals surface area contributed by atoms with Gasteiger partial charge in [-0.2, -0.15) is 0 Å². The fraction of sp³-hybridized carbons (Fsp3) is 0.934. The van der Waals surface area contributed by atoms with Gasteiger partial charge in [-0.3, -0.25) is 9.59 Å². The van der Waals surface area contributed by atoms with Crippen LogP contribution in [0.4, 0.5) is 0 Å². The lowest BCUT2D eigenvalue weighted by atomic mass is 9.32. The maximum absolute atomic E-state index is 12.8. The highest BCUT2D eigenvalue weighted by Gasteiger charge is 2.74. The molecule has 0 aliphatic heterocycles. The summed E-state index contributed by atoms with van der Waals surface area (Å²) in [7, 11) is 0. The molecule has 21 atom stereocenters. The summed E-state index contributed by atoms with van der Waals surface area (Å²) >= 11 is 0. The predicted octanol–water partition coefficient (Wildman–Crippen LogP) is 12.8. The highest BCUT2D eigenvalue weighted by Crippen LogP contribution is 2.80. The number of aliphatic carboxylic acids is 2. The van der Waals surface area contributed by atoms with E-state index in [0.29, 0.717) is 41.4 Å². The molecule has 69 heavy (non-hydrogen) atoms. The molecule has 8 nitrogen and oxygen atoms in total. The van der Waals surface area contributed by atoms with Gasteiger partial charge in [0, 0.05) is 6.61 Å². The van der Waals surface area contributed by atoms with Gasteiger partial charge >= 0.3 is 11.9 Å². The van der Waals surface area contributed by atoms with Crippen molar-refractivity contribution in [1.29, 1.82) is 0 Å². The predicted molar refractivity (Wildman–Crippen MR) is 275 cm³/mol. The molecule has 0 aromatic carbocycles. The number of rotatable bonds is 6. The Morgan fingerprint density at radius 1 is 0.507 bits per heavy atom. The van der Waals surface area contributed by atoms with Crippen LogP contribution in [0.3, 0.4) is 0 Å².